The summed E-state index contributed by atoms with van der Waals surface area (Å²) >= 11 is 0. The Labute approximate surface area is 120 Å². The SMILES string of the molecule is COc1cc(C)c(C(NN)c2cncc(C)c2)cc1C. The molecule has 0 aliphatic heterocycles. The van der Waals surface area contributed by atoms with E-state index in [1.807, 2.05) is 32.3 Å². The lowest BCUT2D eigenvalue weighted by molar-refractivity contribution is 0.411. The molecule has 0 spiro atoms. The van der Waals surface area contributed by atoms with Crippen molar-refractivity contribution in [1.29, 1.82) is 0 Å². The van der Waals surface area contributed by atoms with Crippen LogP contribution in [0, 0.1) is 20.8 Å². The maximum Gasteiger partial charge on any atom is 0.122 e. The van der Waals surface area contributed by atoms with Crippen molar-refractivity contribution in [2.75, 3.05) is 7.11 Å². The van der Waals surface area contributed by atoms with Gasteiger partial charge in [0, 0.05) is 12.4 Å². The highest BCUT2D eigenvalue weighted by molar-refractivity contribution is 5.45. The Balaban J connectivity index is 2.49. The molecule has 0 bridgehead atoms. The Morgan fingerprint density at radius 1 is 1.10 bits per heavy atom. The van der Waals surface area contributed by atoms with Gasteiger partial charge in [0.25, 0.3) is 0 Å². The van der Waals surface area contributed by atoms with E-state index in [0.29, 0.717) is 0 Å². The summed E-state index contributed by atoms with van der Waals surface area (Å²) in [6.07, 6.45) is 3.68. The van der Waals surface area contributed by atoms with Crippen molar-refractivity contribution in [3.05, 3.63) is 58.4 Å². The molecule has 0 saturated carbocycles. The van der Waals surface area contributed by atoms with E-state index in [1.54, 1.807) is 7.11 Å². The van der Waals surface area contributed by atoms with E-state index >= 15 is 0 Å². The second-order valence-corrected chi connectivity index (χ2v) is 5.07. The number of rotatable bonds is 4. The molecule has 0 amide bonds. The molecule has 0 aliphatic rings. The van der Waals surface area contributed by atoms with Crippen LogP contribution in [0.2, 0.25) is 0 Å². The quantitative estimate of drug-likeness (QED) is 0.663. The maximum absolute atomic E-state index is 5.77. The molecule has 0 radical (unpaired) electrons. The summed E-state index contributed by atoms with van der Waals surface area (Å²) in [6.45, 7) is 6.12. The standard InChI is InChI=1S/C16H21N3O/c1-10-5-13(9-18-8-10)16(19-17)14-6-12(3)15(20-4)7-11(14)2/h5-9,16,19H,17H2,1-4H3. The zero-order valence-electron chi connectivity index (χ0n) is 12.4. The van der Waals surface area contributed by atoms with Crippen LogP contribution >= 0.6 is 0 Å². The summed E-state index contributed by atoms with van der Waals surface area (Å²) < 4.78 is 5.35. The van der Waals surface area contributed by atoms with E-state index in [-0.39, 0.29) is 6.04 Å². The van der Waals surface area contributed by atoms with Crippen molar-refractivity contribution in [3.63, 3.8) is 0 Å². The summed E-state index contributed by atoms with van der Waals surface area (Å²) in [5.41, 5.74) is 8.42. The number of pyridine rings is 1. The summed E-state index contributed by atoms with van der Waals surface area (Å²) in [4.78, 5) is 4.24. The second kappa shape index (κ2) is 6.03. The normalized spacial score (nSPS) is 12.2. The fourth-order valence-electron chi connectivity index (χ4n) is 2.44. The van der Waals surface area contributed by atoms with Crippen molar-refractivity contribution >= 4 is 0 Å². The fraction of sp³-hybridized carbons (Fsp3) is 0.312. The highest BCUT2D eigenvalue weighted by Gasteiger charge is 2.17. The monoisotopic (exact) mass is 271 g/mol. The summed E-state index contributed by atoms with van der Waals surface area (Å²) in [6, 6.07) is 6.17. The van der Waals surface area contributed by atoms with Crippen LogP contribution in [-0.4, -0.2) is 12.1 Å². The van der Waals surface area contributed by atoms with Crippen LogP contribution < -0.4 is 16.0 Å². The van der Waals surface area contributed by atoms with Gasteiger partial charge in [0.2, 0.25) is 0 Å². The Bertz CT molecular complexity index is 611. The third-order valence-corrected chi connectivity index (χ3v) is 3.49. The molecular formula is C16H21N3O. The molecule has 1 atom stereocenters. The first-order valence-electron chi connectivity index (χ1n) is 6.59. The third-order valence-electron chi connectivity index (χ3n) is 3.49. The van der Waals surface area contributed by atoms with Gasteiger partial charge >= 0.3 is 0 Å². The van der Waals surface area contributed by atoms with Gasteiger partial charge in [-0.15, -0.1) is 0 Å². The maximum atomic E-state index is 5.77. The van der Waals surface area contributed by atoms with Gasteiger partial charge < -0.3 is 4.74 Å². The van der Waals surface area contributed by atoms with Gasteiger partial charge in [0.15, 0.2) is 0 Å². The summed E-state index contributed by atoms with van der Waals surface area (Å²) in [7, 11) is 1.69. The first-order valence-corrected chi connectivity index (χ1v) is 6.59. The third kappa shape index (κ3) is 2.81. The number of methoxy groups -OCH3 is 1. The van der Waals surface area contributed by atoms with Gasteiger partial charge in [-0.3, -0.25) is 10.8 Å². The molecule has 1 heterocycles. The zero-order chi connectivity index (χ0) is 14.7. The minimum atomic E-state index is -0.0768. The molecule has 106 valence electrons. The van der Waals surface area contributed by atoms with Crippen molar-refractivity contribution in [3.8, 4) is 5.75 Å². The van der Waals surface area contributed by atoms with Gasteiger partial charge in [-0.1, -0.05) is 12.1 Å². The van der Waals surface area contributed by atoms with E-state index in [9.17, 15) is 0 Å². The zero-order valence-corrected chi connectivity index (χ0v) is 12.4. The van der Waals surface area contributed by atoms with Crippen molar-refractivity contribution in [2.45, 2.75) is 26.8 Å². The lowest BCUT2D eigenvalue weighted by Gasteiger charge is -2.21. The number of hydrazine groups is 1. The first-order chi connectivity index (χ1) is 9.56. The number of hydrogen-bond donors (Lipinski definition) is 2. The van der Waals surface area contributed by atoms with Gasteiger partial charge in [0.05, 0.1) is 13.2 Å². The molecule has 0 aliphatic carbocycles. The molecular weight excluding hydrogens is 250 g/mol. The van der Waals surface area contributed by atoms with Gasteiger partial charge in [-0.25, -0.2) is 5.43 Å². The molecule has 0 fully saturated rings. The first kappa shape index (κ1) is 14.5. The summed E-state index contributed by atoms with van der Waals surface area (Å²) in [5, 5.41) is 0. The Morgan fingerprint density at radius 2 is 1.85 bits per heavy atom. The fourth-order valence-corrected chi connectivity index (χ4v) is 2.44. The van der Waals surface area contributed by atoms with Crippen LogP contribution in [0.15, 0.2) is 30.6 Å². The van der Waals surface area contributed by atoms with Crippen molar-refractivity contribution in [1.82, 2.24) is 10.4 Å². The number of nitrogens with two attached hydrogens (primary N) is 1. The van der Waals surface area contributed by atoms with E-state index < -0.39 is 0 Å². The minimum absolute atomic E-state index is 0.0768. The highest BCUT2D eigenvalue weighted by Crippen LogP contribution is 2.29. The van der Waals surface area contributed by atoms with E-state index in [0.717, 1.165) is 33.6 Å². The minimum Gasteiger partial charge on any atom is -0.496 e. The number of nitrogens with one attached hydrogen (secondary N) is 1. The number of benzene rings is 1. The predicted molar refractivity (Wildman–Crippen MR) is 80.6 cm³/mol. The van der Waals surface area contributed by atoms with Crippen LogP contribution in [0.5, 0.6) is 5.75 Å². The highest BCUT2D eigenvalue weighted by atomic mass is 16.5. The average molecular weight is 271 g/mol. The largest absolute Gasteiger partial charge is 0.496 e. The van der Waals surface area contributed by atoms with Crippen LogP contribution in [0.3, 0.4) is 0 Å². The van der Waals surface area contributed by atoms with E-state index in [4.69, 9.17) is 10.6 Å². The van der Waals surface area contributed by atoms with Crippen molar-refractivity contribution < 1.29 is 4.74 Å². The second-order valence-electron chi connectivity index (χ2n) is 5.07. The smallest absolute Gasteiger partial charge is 0.122 e. The number of aromatic nitrogens is 1. The van der Waals surface area contributed by atoms with Crippen molar-refractivity contribution in [2.24, 2.45) is 5.84 Å². The van der Waals surface area contributed by atoms with Crippen LogP contribution in [-0.2, 0) is 0 Å². The topological polar surface area (TPSA) is 60.2 Å². The Kier molecular flexibility index (Phi) is 4.37. The average Bonchev–Trinajstić information content (AvgIpc) is 2.43. The van der Waals surface area contributed by atoms with Gasteiger partial charge in [-0.2, -0.15) is 0 Å². The molecule has 0 saturated heterocycles. The lowest BCUT2D eigenvalue weighted by Crippen LogP contribution is -2.29. The van der Waals surface area contributed by atoms with Gasteiger partial charge in [-0.05, 0) is 54.7 Å². The van der Waals surface area contributed by atoms with E-state index in [1.165, 1.54) is 0 Å². The number of aryl methyl sites for hydroxylation is 3. The lowest BCUT2D eigenvalue weighted by atomic mass is 9.94. The Morgan fingerprint density at radius 3 is 2.45 bits per heavy atom. The van der Waals surface area contributed by atoms with Crippen LogP contribution in [0.25, 0.3) is 0 Å². The van der Waals surface area contributed by atoms with Crippen LogP contribution in [0.1, 0.15) is 33.9 Å². The molecule has 20 heavy (non-hydrogen) atoms. The molecule has 1 aromatic carbocycles. The molecule has 2 rings (SSSR count). The summed E-state index contributed by atoms with van der Waals surface area (Å²) in [5.74, 6) is 6.66. The molecule has 4 heteroatoms. The molecule has 4 nitrogen and oxygen atoms in total. The van der Waals surface area contributed by atoms with Crippen LogP contribution in [0.4, 0.5) is 0 Å². The number of hydrogen-bond acceptors (Lipinski definition) is 4. The molecule has 1 aromatic heterocycles. The number of nitrogens with zero attached hydrogens (tertiary/aromatic N) is 1. The Hall–Kier alpha value is -1.91. The molecule has 1 unspecified atom stereocenters. The van der Waals surface area contributed by atoms with E-state index in [2.05, 4.69) is 29.5 Å². The number of ether oxygens (including phenoxy) is 1. The predicted octanol–water partition coefficient (Wildman–Crippen LogP) is 2.57. The van der Waals surface area contributed by atoms with Gasteiger partial charge in [0.1, 0.15) is 5.75 Å². The molecule has 2 aromatic rings. The molecule has 3 N–H and O–H groups in total.